The summed E-state index contributed by atoms with van der Waals surface area (Å²) in [6.07, 6.45) is 0. The Morgan fingerprint density at radius 3 is 2.50 bits per heavy atom. The summed E-state index contributed by atoms with van der Waals surface area (Å²) in [5.74, 6) is -0.803. The molecule has 8 heteroatoms. The normalized spacial score (nSPS) is 12.1. The summed E-state index contributed by atoms with van der Waals surface area (Å²) in [4.78, 5) is 1.70. The lowest BCUT2D eigenvalue weighted by Crippen LogP contribution is -2.36. The number of benzene rings is 1. The van der Waals surface area contributed by atoms with E-state index in [0.717, 1.165) is 6.07 Å². The van der Waals surface area contributed by atoms with Crippen LogP contribution in [0, 0.1) is 5.82 Å². The summed E-state index contributed by atoms with van der Waals surface area (Å²) in [5, 5.41) is 4.13. The van der Waals surface area contributed by atoms with Gasteiger partial charge in [0.25, 0.3) is 10.0 Å². The molecule has 0 amide bonds. The molecule has 0 spiro atoms. The van der Waals surface area contributed by atoms with E-state index in [2.05, 4.69) is 10.1 Å². The summed E-state index contributed by atoms with van der Waals surface area (Å²) < 4.78 is 37.8. The topological polar surface area (TPSA) is 61.4 Å². The molecule has 0 saturated carbocycles. The number of nitrogens with zero attached hydrogens (tertiary/aromatic N) is 1. The Kier molecular flexibility index (Phi) is 5.06. The molecule has 0 saturated heterocycles. The molecule has 102 valence electrons. The van der Waals surface area contributed by atoms with Crippen LogP contribution in [0.3, 0.4) is 0 Å². The predicted octanol–water partition coefficient (Wildman–Crippen LogP) is 0.953. The van der Waals surface area contributed by atoms with Gasteiger partial charge in [-0.25, -0.2) is 17.8 Å². The van der Waals surface area contributed by atoms with Crippen LogP contribution < -0.4 is 10.1 Å². The molecule has 0 radical (unpaired) electrons. The van der Waals surface area contributed by atoms with Crippen molar-refractivity contribution < 1.29 is 12.8 Å². The minimum atomic E-state index is -3.96. The predicted molar refractivity (Wildman–Crippen MR) is 68.2 cm³/mol. The van der Waals surface area contributed by atoms with Crippen molar-refractivity contribution in [1.29, 1.82) is 0 Å². The van der Waals surface area contributed by atoms with E-state index in [4.69, 9.17) is 11.6 Å². The number of sulfonamides is 1. The SMILES string of the molecule is CNCc1cc(Cl)cc(S(=O)(=O)NN(C)C)c1F. The molecule has 5 nitrogen and oxygen atoms in total. The van der Waals surface area contributed by atoms with Crippen molar-refractivity contribution in [3.05, 3.63) is 28.5 Å². The zero-order valence-corrected chi connectivity index (χ0v) is 11.9. The first-order valence-electron chi connectivity index (χ1n) is 5.10. The van der Waals surface area contributed by atoms with Crippen LogP contribution in [0.2, 0.25) is 5.02 Å². The molecular weight excluding hydrogens is 281 g/mol. The Balaban J connectivity index is 3.32. The van der Waals surface area contributed by atoms with Crippen molar-refractivity contribution in [3.63, 3.8) is 0 Å². The van der Waals surface area contributed by atoms with Crippen molar-refractivity contribution in [2.45, 2.75) is 11.4 Å². The molecule has 1 aromatic carbocycles. The summed E-state index contributed by atoms with van der Waals surface area (Å²) in [6.45, 7) is 0.191. The molecule has 0 aliphatic rings. The van der Waals surface area contributed by atoms with Crippen molar-refractivity contribution >= 4 is 21.6 Å². The fraction of sp³-hybridized carbons (Fsp3) is 0.400. The zero-order valence-electron chi connectivity index (χ0n) is 10.3. The Hall–Kier alpha value is -0.730. The first-order valence-corrected chi connectivity index (χ1v) is 6.96. The van der Waals surface area contributed by atoms with Crippen LogP contribution in [0.15, 0.2) is 17.0 Å². The highest BCUT2D eigenvalue weighted by Gasteiger charge is 2.22. The van der Waals surface area contributed by atoms with Crippen LogP contribution in [0.5, 0.6) is 0 Å². The van der Waals surface area contributed by atoms with E-state index < -0.39 is 20.7 Å². The monoisotopic (exact) mass is 295 g/mol. The van der Waals surface area contributed by atoms with E-state index in [1.165, 1.54) is 25.2 Å². The fourth-order valence-electron chi connectivity index (χ4n) is 1.42. The van der Waals surface area contributed by atoms with Gasteiger partial charge in [0.05, 0.1) is 0 Å². The van der Waals surface area contributed by atoms with Gasteiger partial charge >= 0.3 is 0 Å². The fourth-order valence-corrected chi connectivity index (χ4v) is 2.96. The average Bonchev–Trinajstić information content (AvgIpc) is 2.21. The van der Waals surface area contributed by atoms with Gasteiger partial charge in [-0.1, -0.05) is 11.6 Å². The van der Waals surface area contributed by atoms with Gasteiger partial charge in [-0.3, -0.25) is 0 Å². The number of hydrazine groups is 1. The summed E-state index contributed by atoms with van der Waals surface area (Å²) in [5.41, 5.74) is 0.198. The van der Waals surface area contributed by atoms with Crippen LogP contribution in [-0.4, -0.2) is 34.6 Å². The molecule has 1 aromatic rings. The molecule has 0 bridgehead atoms. The summed E-state index contributed by atoms with van der Waals surface area (Å²) >= 11 is 5.80. The number of nitrogens with one attached hydrogen (secondary N) is 2. The van der Waals surface area contributed by atoms with Crippen LogP contribution in [-0.2, 0) is 16.6 Å². The van der Waals surface area contributed by atoms with Gasteiger partial charge in [0.15, 0.2) is 0 Å². The Morgan fingerprint density at radius 1 is 1.39 bits per heavy atom. The smallest absolute Gasteiger partial charge is 0.256 e. The second kappa shape index (κ2) is 5.94. The maximum absolute atomic E-state index is 14.0. The Labute approximate surface area is 111 Å². The summed E-state index contributed by atoms with van der Waals surface area (Å²) in [7, 11) is 0.656. The standard InChI is InChI=1S/C10H15ClFN3O2S/c1-13-6-7-4-8(11)5-9(10(7)12)18(16,17)14-15(2)3/h4-5,13-14H,6H2,1-3H3. The third-order valence-corrected chi connectivity index (χ3v) is 3.74. The molecule has 18 heavy (non-hydrogen) atoms. The summed E-state index contributed by atoms with van der Waals surface area (Å²) in [6, 6.07) is 2.48. The molecule has 0 aliphatic heterocycles. The van der Waals surface area contributed by atoms with Gasteiger partial charge in [-0.2, -0.15) is 0 Å². The lowest BCUT2D eigenvalue weighted by Gasteiger charge is -2.14. The molecule has 0 atom stereocenters. The molecule has 0 heterocycles. The third kappa shape index (κ3) is 3.63. The Morgan fingerprint density at radius 2 is 2.00 bits per heavy atom. The van der Waals surface area contributed by atoms with Crippen LogP contribution in [0.1, 0.15) is 5.56 Å². The third-order valence-electron chi connectivity index (χ3n) is 2.04. The lowest BCUT2D eigenvalue weighted by atomic mass is 10.2. The number of halogens is 2. The molecule has 0 aromatic heterocycles. The molecule has 0 fully saturated rings. The van der Waals surface area contributed by atoms with Crippen LogP contribution in [0.25, 0.3) is 0 Å². The van der Waals surface area contributed by atoms with Gasteiger partial charge < -0.3 is 5.32 Å². The molecular formula is C10H15ClFN3O2S. The van der Waals surface area contributed by atoms with Crippen molar-refractivity contribution in [1.82, 2.24) is 15.2 Å². The van der Waals surface area contributed by atoms with E-state index in [9.17, 15) is 12.8 Å². The molecule has 1 rings (SSSR count). The van der Waals surface area contributed by atoms with Gasteiger partial charge in [0, 0.05) is 31.2 Å². The van der Waals surface area contributed by atoms with Gasteiger partial charge in [-0.05, 0) is 19.2 Å². The van der Waals surface area contributed by atoms with E-state index >= 15 is 0 Å². The lowest BCUT2D eigenvalue weighted by molar-refractivity contribution is 0.362. The minimum absolute atomic E-state index is 0.167. The van der Waals surface area contributed by atoms with Crippen LogP contribution >= 0.6 is 11.6 Å². The highest BCUT2D eigenvalue weighted by Crippen LogP contribution is 2.23. The van der Waals surface area contributed by atoms with E-state index in [0.29, 0.717) is 0 Å². The second-order valence-electron chi connectivity index (χ2n) is 3.90. The molecule has 0 aliphatic carbocycles. The first-order chi connectivity index (χ1) is 8.27. The van der Waals surface area contributed by atoms with Gasteiger partial charge in [0.2, 0.25) is 0 Å². The maximum atomic E-state index is 14.0. The molecule has 2 N–H and O–H groups in total. The minimum Gasteiger partial charge on any atom is -0.316 e. The maximum Gasteiger partial charge on any atom is 0.256 e. The largest absolute Gasteiger partial charge is 0.316 e. The quantitative estimate of drug-likeness (QED) is 0.794. The van der Waals surface area contributed by atoms with E-state index in [1.807, 2.05) is 0 Å². The Bertz CT molecular complexity index is 534. The average molecular weight is 296 g/mol. The van der Waals surface area contributed by atoms with E-state index in [1.54, 1.807) is 7.05 Å². The number of hydrogen-bond acceptors (Lipinski definition) is 4. The number of hydrogen-bond donors (Lipinski definition) is 2. The van der Waals surface area contributed by atoms with E-state index in [-0.39, 0.29) is 17.1 Å². The van der Waals surface area contributed by atoms with Gasteiger partial charge in [0.1, 0.15) is 10.7 Å². The first kappa shape index (κ1) is 15.3. The zero-order chi connectivity index (χ0) is 13.9. The van der Waals surface area contributed by atoms with Crippen molar-refractivity contribution in [2.75, 3.05) is 21.1 Å². The molecule has 0 unspecified atom stereocenters. The number of rotatable bonds is 5. The second-order valence-corrected chi connectivity index (χ2v) is 5.96. The highest BCUT2D eigenvalue weighted by atomic mass is 35.5. The van der Waals surface area contributed by atoms with Crippen molar-refractivity contribution in [2.24, 2.45) is 0 Å². The highest BCUT2D eigenvalue weighted by molar-refractivity contribution is 7.89. The van der Waals surface area contributed by atoms with Gasteiger partial charge in [-0.15, -0.1) is 4.83 Å². The van der Waals surface area contributed by atoms with Crippen LogP contribution in [0.4, 0.5) is 4.39 Å². The van der Waals surface area contributed by atoms with Crippen molar-refractivity contribution in [3.8, 4) is 0 Å².